The van der Waals surface area contributed by atoms with Gasteiger partial charge in [-0.05, 0) is 66.9 Å². The van der Waals surface area contributed by atoms with Crippen LogP contribution in [0.25, 0.3) is 0 Å². The van der Waals surface area contributed by atoms with Gasteiger partial charge in [0.25, 0.3) is 5.91 Å². The molecule has 7 heteroatoms. The molecule has 0 unspecified atom stereocenters. The predicted molar refractivity (Wildman–Crippen MR) is 84.0 cm³/mol. The largest absolute Gasteiger partial charge is 0.434 e. The fourth-order valence-corrected chi connectivity index (χ4v) is 2.16. The maximum absolute atomic E-state index is 12.8. The number of ether oxygens (including phenoxy) is 1. The Labute approximate surface area is 137 Å². The van der Waals surface area contributed by atoms with Gasteiger partial charge in [0.15, 0.2) is 0 Å². The number of nitrogens with zero attached hydrogens (tertiary/aromatic N) is 1. The van der Waals surface area contributed by atoms with Gasteiger partial charge in [-0.15, -0.1) is 0 Å². The van der Waals surface area contributed by atoms with Crippen LogP contribution in [-0.4, -0.2) is 18.7 Å². The second kappa shape index (κ2) is 7.63. The van der Waals surface area contributed by atoms with Crippen molar-refractivity contribution in [1.29, 1.82) is 0 Å². The van der Waals surface area contributed by atoms with E-state index in [0.29, 0.717) is 16.7 Å². The summed E-state index contributed by atoms with van der Waals surface area (Å²) in [5, 5.41) is 3.81. The van der Waals surface area contributed by atoms with Gasteiger partial charge in [-0.2, -0.15) is 13.9 Å². The molecule has 2 rings (SSSR count). The van der Waals surface area contributed by atoms with Gasteiger partial charge in [0.05, 0.1) is 6.21 Å². The lowest BCUT2D eigenvalue weighted by Crippen LogP contribution is -2.17. The number of benzene rings is 2. The fraction of sp³-hybridized carbons (Fsp3) is 0.176. The quantitative estimate of drug-likeness (QED) is 0.667. The third-order valence-corrected chi connectivity index (χ3v) is 3.18. The summed E-state index contributed by atoms with van der Waals surface area (Å²) in [7, 11) is 0. The van der Waals surface area contributed by atoms with Crippen LogP contribution in [-0.2, 0) is 0 Å². The molecule has 1 N–H and O–H groups in total. The smallest absolute Gasteiger partial charge is 0.387 e. The van der Waals surface area contributed by atoms with E-state index in [0.717, 1.165) is 0 Å². The first kappa shape index (κ1) is 17.5. The van der Waals surface area contributed by atoms with Crippen LogP contribution in [0.5, 0.6) is 5.75 Å². The molecule has 2 aromatic carbocycles. The lowest BCUT2D eigenvalue weighted by molar-refractivity contribution is -0.0507. The Balaban J connectivity index is 2.06. The van der Waals surface area contributed by atoms with Crippen LogP contribution in [0.2, 0.25) is 0 Å². The van der Waals surface area contributed by atoms with Crippen LogP contribution < -0.4 is 10.2 Å². The van der Waals surface area contributed by atoms with Crippen molar-refractivity contribution in [2.75, 3.05) is 0 Å². The standard InChI is InChI=1S/C17H15F3N2O2/c1-10-7-12(8-11(2)15(10)24-17(19)20)9-21-22-16(23)13-3-5-14(18)6-4-13/h3-9,17H,1-2H3,(H,22,23)/b21-9-. The number of hydrogen-bond donors (Lipinski definition) is 1. The molecule has 0 atom stereocenters. The number of halogens is 3. The molecule has 24 heavy (non-hydrogen) atoms. The van der Waals surface area contributed by atoms with E-state index in [-0.39, 0.29) is 11.3 Å². The molecule has 0 aromatic heterocycles. The Morgan fingerprint density at radius 2 is 1.75 bits per heavy atom. The van der Waals surface area contributed by atoms with Crippen molar-refractivity contribution >= 4 is 12.1 Å². The fourth-order valence-electron chi connectivity index (χ4n) is 2.16. The van der Waals surface area contributed by atoms with Crippen molar-refractivity contribution in [1.82, 2.24) is 5.43 Å². The summed E-state index contributed by atoms with van der Waals surface area (Å²) in [5.41, 5.74) is 4.25. The van der Waals surface area contributed by atoms with Crippen LogP contribution in [0, 0.1) is 19.7 Å². The number of amides is 1. The Bertz CT molecular complexity index is 736. The molecule has 0 aliphatic carbocycles. The van der Waals surface area contributed by atoms with Gasteiger partial charge >= 0.3 is 6.61 Å². The normalized spacial score (nSPS) is 11.1. The van der Waals surface area contributed by atoms with Crippen LogP contribution in [0.15, 0.2) is 41.5 Å². The number of aryl methyl sites for hydroxylation is 2. The van der Waals surface area contributed by atoms with Gasteiger partial charge in [-0.3, -0.25) is 4.79 Å². The van der Waals surface area contributed by atoms with Gasteiger partial charge in [0, 0.05) is 5.56 Å². The van der Waals surface area contributed by atoms with E-state index in [9.17, 15) is 18.0 Å². The lowest BCUT2D eigenvalue weighted by Gasteiger charge is -2.11. The molecule has 0 spiro atoms. The molecule has 0 heterocycles. The number of carbonyl (C=O) groups excluding carboxylic acids is 1. The molecule has 0 aliphatic rings. The van der Waals surface area contributed by atoms with Crippen LogP contribution in [0.4, 0.5) is 13.2 Å². The van der Waals surface area contributed by atoms with Crippen LogP contribution >= 0.6 is 0 Å². The highest BCUT2D eigenvalue weighted by atomic mass is 19.3. The Morgan fingerprint density at radius 3 is 2.29 bits per heavy atom. The molecular formula is C17H15F3N2O2. The molecule has 4 nitrogen and oxygen atoms in total. The number of carbonyl (C=O) groups is 1. The highest BCUT2D eigenvalue weighted by Crippen LogP contribution is 2.25. The average molecular weight is 336 g/mol. The van der Waals surface area contributed by atoms with Gasteiger partial charge in [0.2, 0.25) is 0 Å². The third-order valence-electron chi connectivity index (χ3n) is 3.18. The monoisotopic (exact) mass is 336 g/mol. The topological polar surface area (TPSA) is 50.7 Å². The highest BCUT2D eigenvalue weighted by molar-refractivity contribution is 5.94. The minimum Gasteiger partial charge on any atom is -0.434 e. The number of rotatable bonds is 5. The van der Waals surface area contributed by atoms with E-state index in [1.165, 1.54) is 30.5 Å². The third kappa shape index (κ3) is 4.58. The molecule has 1 amide bonds. The number of alkyl halides is 2. The summed E-state index contributed by atoms with van der Waals surface area (Å²) >= 11 is 0. The van der Waals surface area contributed by atoms with Gasteiger partial charge < -0.3 is 4.74 Å². The molecule has 0 fully saturated rings. The zero-order valence-electron chi connectivity index (χ0n) is 13.0. The maximum Gasteiger partial charge on any atom is 0.387 e. The summed E-state index contributed by atoms with van der Waals surface area (Å²) in [4.78, 5) is 11.8. The van der Waals surface area contributed by atoms with E-state index in [4.69, 9.17) is 0 Å². The van der Waals surface area contributed by atoms with E-state index in [1.807, 2.05) is 0 Å². The van der Waals surface area contributed by atoms with Gasteiger partial charge in [0.1, 0.15) is 11.6 Å². The Morgan fingerprint density at radius 1 is 1.17 bits per heavy atom. The summed E-state index contributed by atoms with van der Waals surface area (Å²) < 4.78 is 41.9. The first-order chi connectivity index (χ1) is 11.4. The highest BCUT2D eigenvalue weighted by Gasteiger charge is 2.11. The molecule has 0 saturated heterocycles. The summed E-state index contributed by atoms with van der Waals surface area (Å²) in [6.45, 7) is 0.384. The summed E-state index contributed by atoms with van der Waals surface area (Å²) in [6, 6.07) is 8.24. The Hall–Kier alpha value is -2.83. The molecular weight excluding hydrogens is 321 g/mol. The zero-order chi connectivity index (χ0) is 17.7. The summed E-state index contributed by atoms with van der Waals surface area (Å²) in [6.07, 6.45) is 1.38. The SMILES string of the molecule is Cc1cc(/C=N\NC(=O)c2ccc(F)cc2)cc(C)c1OC(F)F. The minimum absolute atomic E-state index is 0.123. The van der Waals surface area contributed by atoms with E-state index >= 15 is 0 Å². The van der Waals surface area contributed by atoms with Crippen molar-refractivity contribution in [2.24, 2.45) is 5.10 Å². The molecule has 2 aromatic rings. The number of hydrogen-bond acceptors (Lipinski definition) is 3. The molecule has 0 aliphatic heterocycles. The van der Waals surface area contributed by atoms with Crippen LogP contribution in [0.1, 0.15) is 27.0 Å². The summed E-state index contributed by atoms with van der Waals surface area (Å²) in [5.74, 6) is -0.804. The van der Waals surface area contributed by atoms with Gasteiger partial charge in [-0.25, -0.2) is 9.82 Å². The second-order valence-corrected chi connectivity index (χ2v) is 5.07. The minimum atomic E-state index is -2.89. The maximum atomic E-state index is 12.8. The van der Waals surface area contributed by atoms with E-state index in [2.05, 4.69) is 15.3 Å². The molecule has 126 valence electrons. The Kier molecular flexibility index (Phi) is 5.57. The second-order valence-electron chi connectivity index (χ2n) is 5.07. The molecule has 0 saturated carbocycles. The van der Waals surface area contributed by atoms with Crippen LogP contribution in [0.3, 0.4) is 0 Å². The average Bonchev–Trinajstić information content (AvgIpc) is 2.51. The molecule has 0 radical (unpaired) electrons. The van der Waals surface area contributed by atoms with E-state index < -0.39 is 18.3 Å². The predicted octanol–water partition coefficient (Wildman–Crippen LogP) is 3.81. The van der Waals surface area contributed by atoms with E-state index in [1.54, 1.807) is 26.0 Å². The molecule has 0 bridgehead atoms. The van der Waals surface area contributed by atoms with Crippen molar-refractivity contribution in [3.05, 3.63) is 64.5 Å². The first-order valence-corrected chi connectivity index (χ1v) is 7.02. The van der Waals surface area contributed by atoms with Crippen molar-refractivity contribution in [3.8, 4) is 5.75 Å². The lowest BCUT2D eigenvalue weighted by atomic mass is 10.1. The van der Waals surface area contributed by atoms with Crippen molar-refractivity contribution in [2.45, 2.75) is 20.5 Å². The van der Waals surface area contributed by atoms with Gasteiger partial charge in [-0.1, -0.05) is 0 Å². The number of hydrazone groups is 1. The first-order valence-electron chi connectivity index (χ1n) is 7.02. The van der Waals surface area contributed by atoms with Crippen molar-refractivity contribution in [3.63, 3.8) is 0 Å². The van der Waals surface area contributed by atoms with Crippen molar-refractivity contribution < 1.29 is 22.7 Å². The zero-order valence-corrected chi connectivity index (χ0v) is 13.0. The number of nitrogens with one attached hydrogen (secondary N) is 1.